The number of carbonyl (C=O) groups is 1. The Morgan fingerprint density at radius 3 is 2.14 bits per heavy atom. The van der Waals surface area contributed by atoms with E-state index >= 15 is 0 Å². The fourth-order valence-corrected chi connectivity index (χ4v) is 3.66. The minimum Gasteiger partial charge on any atom is -0.444 e. The van der Waals surface area contributed by atoms with Crippen LogP contribution in [0.15, 0.2) is 54.6 Å². The molecular weight excluding hydrogens is 360 g/mol. The monoisotopic (exact) mass is 392 g/mol. The number of hydrogen-bond acceptors (Lipinski definition) is 3. The molecule has 3 aromatic carbocycles. The topological polar surface area (TPSA) is 41.6 Å². The van der Waals surface area contributed by atoms with Crippen molar-refractivity contribution in [3.05, 3.63) is 60.2 Å². The lowest BCUT2D eigenvalue weighted by Gasteiger charge is -2.23. The van der Waals surface area contributed by atoms with Crippen LogP contribution < -0.4 is 5.32 Å². The van der Waals surface area contributed by atoms with Gasteiger partial charge in [-0.3, -0.25) is 4.90 Å². The summed E-state index contributed by atoms with van der Waals surface area (Å²) in [6.07, 6.45) is 0.538. The van der Waals surface area contributed by atoms with Gasteiger partial charge in [-0.05, 0) is 66.9 Å². The van der Waals surface area contributed by atoms with Gasteiger partial charge in [-0.2, -0.15) is 0 Å². The summed E-state index contributed by atoms with van der Waals surface area (Å²) in [6, 6.07) is 19.5. The minimum absolute atomic E-state index is 0.347. The van der Waals surface area contributed by atoms with Crippen LogP contribution in [0.2, 0.25) is 0 Å². The average molecular weight is 393 g/mol. The van der Waals surface area contributed by atoms with Crippen molar-refractivity contribution < 1.29 is 9.53 Å². The van der Waals surface area contributed by atoms with Gasteiger partial charge in [-0.1, -0.05) is 55.5 Å². The first-order valence-corrected chi connectivity index (χ1v) is 10.5. The third-order valence-electron chi connectivity index (χ3n) is 5.03. The standard InChI is InChI=1S/C25H32N2O2/c1-5-27(16-10-15-26-24(28)29-25(2,3)4)18-23-21-13-8-6-11-19(21)17-20-12-7-9-14-22(20)23/h6-9,11-14,17H,5,10,15-16,18H2,1-4H3,(H,26,28). The van der Waals surface area contributed by atoms with Crippen LogP contribution in [0.3, 0.4) is 0 Å². The summed E-state index contributed by atoms with van der Waals surface area (Å²) in [5.41, 5.74) is 0.912. The van der Waals surface area contributed by atoms with E-state index < -0.39 is 5.60 Å². The molecule has 0 aliphatic carbocycles. The second kappa shape index (κ2) is 9.27. The molecule has 3 aromatic rings. The first-order chi connectivity index (χ1) is 13.9. The predicted molar refractivity (Wildman–Crippen MR) is 121 cm³/mol. The summed E-state index contributed by atoms with van der Waals surface area (Å²) in [4.78, 5) is 14.2. The zero-order chi connectivity index (χ0) is 20.9. The summed E-state index contributed by atoms with van der Waals surface area (Å²) >= 11 is 0. The van der Waals surface area contributed by atoms with E-state index in [1.54, 1.807) is 0 Å². The van der Waals surface area contributed by atoms with Crippen molar-refractivity contribution in [2.24, 2.45) is 0 Å². The van der Waals surface area contributed by atoms with Gasteiger partial charge in [0.1, 0.15) is 5.60 Å². The fourth-order valence-electron chi connectivity index (χ4n) is 3.66. The first-order valence-electron chi connectivity index (χ1n) is 10.5. The summed E-state index contributed by atoms with van der Waals surface area (Å²) in [5.74, 6) is 0. The van der Waals surface area contributed by atoms with Crippen molar-refractivity contribution >= 4 is 27.6 Å². The number of hydrogen-bond donors (Lipinski definition) is 1. The fraction of sp³-hybridized carbons (Fsp3) is 0.400. The highest BCUT2D eigenvalue weighted by atomic mass is 16.6. The number of nitrogens with zero attached hydrogens (tertiary/aromatic N) is 1. The van der Waals surface area contributed by atoms with Crippen LogP contribution in [0.4, 0.5) is 4.79 Å². The smallest absolute Gasteiger partial charge is 0.407 e. The molecule has 0 bridgehead atoms. The molecule has 1 N–H and O–H groups in total. The van der Waals surface area contributed by atoms with Gasteiger partial charge in [0, 0.05) is 19.6 Å². The van der Waals surface area contributed by atoms with Gasteiger partial charge in [-0.25, -0.2) is 4.79 Å². The average Bonchev–Trinajstić information content (AvgIpc) is 2.68. The Bertz CT molecular complexity index is 921. The molecule has 0 radical (unpaired) electrons. The number of ether oxygens (including phenoxy) is 1. The molecule has 29 heavy (non-hydrogen) atoms. The Labute approximate surface area is 173 Å². The van der Waals surface area contributed by atoms with E-state index in [4.69, 9.17) is 4.74 Å². The SMILES string of the molecule is CCN(CCCNC(=O)OC(C)(C)C)Cc1c2ccccc2cc2ccccc12. The molecule has 4 heteroatoms. The van der Waals surface area contributed by atoms with Gasteiger partial charge in [0.2, 0.25) is 0 Å². The van der Waals surface area contributed by atoms with Crippen LogP contribution in [-0.2, 0) is 11.3 Å². The van der Waals surface area contributed by atoms with Gasteiger partial charge in [0.05, 0.1) is 0 Å². The van der Waals surface area contributed by atoms with Crippen molar-refractivity contribution in [3.8, 4) is 0 Å². The van der Waals surface area contributed by atoms with Crippen LogP contribution in [0.1, 0.15) is 39.7 Å². The third-order valence-corrected chi connectivity index (χ3v) is 5.03. The van der Waals surface area contributed by atoms with Gasteiger partial charge in [0.25, 0.3) is 0 Å². The molecule has 4 nitrogen and oxygen atoms in total. The molecule has 1 amide bonds. The number of nitrogens with one attached hydrogen (secondary N) is 1. The Hall–Kier alpha value is -2.59. The molecule has 0 spiro atoms. The number of benzene rings is 3. The molecule has 0 atom stereocenters. The lowest BCUT2D eigenvalue weighted by atomic mass is 9.96. The zero-order valence-corrected chi connectivity index (χ0v) is 18.0. The second-order valence-corrected chi connectivity index (χ2v) is 8.45. The molecule has 3 rings (SSSR count). The number of amides is 1. The summed E-state index contributed by atoms with van der Waals surface area (Å²) in [7, 11) is 0. The van der Waals surface area contributed by atoms with E-state index in [1.165, 1.54) is 27.1 Å². The van der Waals surface area contributed by atoms with E-state index in [0.717, 1.165) is 26.1 Å². The van der Waals surface area contributed by atoms with Gasteiger partial charge >= 0.3 is 6.09 Å². The molecule has 0 unspecified atom stereocenters. The van der Waals surface area contributed by atoms with Crippen LogP contribution in [-0.4, -0.2) is 36.2 Å². The van der Waals surface area contributed by atoms with E-state index in [9.17, 15) is 4.79 Å². The van der Waals surface area contributed by atoms with E-state index in [0.29, 0.717) is 6.54 Å². The molecule has 0 aliphatic rings. The molecule has 154 valence electrons. The van der Waals surface area contributed by atoms with Crippen molar-refractivity contribution in [1.29, 1.82) is 0 Å². The van der Waals surface area contributed by atoms with Crippen LogP contribution in [0, 0.1) is 0 Å². The molecular formula is C25H32N2O2. The van der Waals surface area contributed by atoms with Crippen molar-refractivity contribution in [1.82, 2.24) is 10.2 Å². The molecule has 0 aliphatic heterocycles. The normalized spacial score (nSPS) is 11.9. The van der Waals surface area contributed by atoms with Crippen molar-refractivity contribution in [3.63, 3.8) is 0 Å². The number of carbonyl (C=O) groups excluding carboxylic acids is 1. The Balaban J connectivity index is 1.69. The molecule has 0 fully saturated rings. The predicted octanol–water partition coefficient (Wildman–Crippen LogP) is 5.73. The van der Waals surface area contributed by atoms with E-state index in [2.05, 4.69) is 71.7 Å². The Morgan fingerprint density at radius 1 is 1.00 bits per heavy atom. The molecule has 0 heterocycles. The summed E-state index contributed by atoms with van der Waals surface area (Å²) in [5, 5.41) is 8.05. The first kappa shape index (κ1) is 21.1. The number of alkyl carbamates (subject to hydrolysis) is 1. The number of fused-ring (bicyclic) bond motifs is 2. The lowest BCUT2D eigenvalue weighted by Crippen LogP contribution is -2.34. The minimum atomic E-state index is -0.463. The van der Waals surface area contributed by atoms with Gasteiger partial charge in [0.15, 0.2) is 0 Å². The van der Waals surface area contributed by atoms with Gasteiger partial charge < -0.3 is 10.1 Å². The van der Waals surface area contributed by atoms with Crippen molar-refractivity contribution in [2.75, 3.05) is 19.6 Å². The molecule has 0 saturated carbocycles. The Morgan fingerprint density at radius 2 is 1.59 bits per heavy atom. The Kier molecular flexibility index (Phi) is 6.75. The van der Waals surface area contributed by atoms with Crippen LogP contribution in [0.5, 0.6) is 0 Å². The van der Waals surface area contributed by atoms with E-state index in [1.807, 2.05) is 20.8 Å². The third kappa shape index (κ3) is 5.70. The number of rotatable bonds is 7. The zero-order valence-electron chi connectivity index (χ0n) is 18.0. The maximum Gasteiger partial charge on any atom is 0.407 e. The quantitative estimate of drug-likeness (QED) is 0.412. The molecule has 0 aromatic heterocycles. The maximum absolute atomic E-state index is 11.8. The summed E-state index contributed by atoms with van der Waals surface area (Å²) < 4.78 is 5.30. The highest BCUT2D eigenvalue weighted by molar-refractivity contribution is 6.02. The highest BCUT2D eigenvalue weighted by Gasteiger charge is 2.16. The van der Waals surface area contributed by atoms with Crippen molar-refractivity contribution in [2.45, 2.75) is 46.3 Å². The molecule has 0 saturated heterocycles. The maximum atomic E-state index is 11.8. The van der Waals surface area contributed by atoms with Crippen LogP contribution in [0.25, 0.3) is 21.5 Å². The van der Waals surface area contributed by atoms with E-state index in [-0.39, 0.29) is 6.09 Å². The lowest BCUT2D eigenvalue weighted by molar-refractivity contribution is 0.0525. The van der Waals surface area contributed by atoms with Gasteiger partial charge in [-0.15, -0.1) is 0 Å². The van der Waals surface area contributed by atoms with Crippen LogP contribution >= 0.6 is 0 Å². The second-order valence-electron chi connectivity index (χ2n) is 8.45. The highest BCUT2D eigenvalue weighted by Crippen LogP contribution is 2.29. The summed E-state index contributed by atoms with van der Waals surface area (Å²) in [6.45, 7) is 11.2. The largest absolute Gasteiger partial charge is 0.444 e.